The molecule has 3 rings (SSSR count). The molecule has 5 heteroatoms. The minimum Gasteiger partial charge on any atom is -0.379 e. The molecular weight excluding hydrogens is 220 g/mol. The van der Waals surface area contributed by atoms with E-state index in [2.05, 4.69) is 0 Å². The monoisotopic (exact) mass is 240 g/mol. The molecular formula is C12H20N2O3. The van der Waals surface area contributed by atoms with Gasteiger partial charge in [-0.15, -0.1) is 0 Å². The summed E-state index contributed by atoms with van der Waals surface area (Å²) in [4.78, 5) is 14.5. The molecule has 3 aliphatic heterocycles. The van der Waals surface area contributed by atoms with Crippen LogP contribution < -0.4 is 5.73 Å². The summed E-state index contributed by atoms with van der Waals surface area (Å²) in [6.07, 6.45) is 2.63. The van der Waals surface area contributed by atoms with Gasteiger partial charge in [0, 0.05) is 19.1 Å². The first-order chi connectivity index (χ1) is 8.09. The summed E-state index contributed by atoms with van der Waals surface area (Å²) in [5.41, 5.74) is 5.46. The van der Waals surface area contributed by atoms with Gasteiger partial charge in [-0.25, -0.2) is 0 Å². The van der Waals surface area contributed by atoms with Gasteiger partial charge in [-0.05, 0) is 19.8 Å². The number of amides is 1. The molecule has 4 atom stereocenters. The van der Waals surface area contributed by atoms with Crippen molar-refractivity contribution in [3.63, 3.8) is 0 Å². The predicted octanol–water partition coefficient (Wildman–Crippen LogP) is -0.260. The van der Waals surface area contributed by atoms with Crippen molar-refractivity contribution in [2.24, 2.45) is 11.1 Å². The maximum atomic E-state index is 12.6. The molecule has 0 aromatic heterocycles. The lowest BCUT2D eigenvalue weighted by Gasteiger charge is -2.38. The number of likely N-dealkylation sites (tertiary alicyclic amines) is 1. The standard InChI is InChI=1S/C12H20N2O3/c1-12(7-16-6-10(12)13)11(15)14-4-8-2-3-9(5-14)17-8/h8-10H,2-7,13H2,1H3. The van der Waals surface area contributed by atoms with E-state index in [1.54, 1.807) is 0 Å². The molecule has 0 aromatic rings. The normalized spacial score (nSPS) is 45.3. The molecule has 3 fully saturated rings. The molecule has 3 saturated heterocycles. The number of rotatable bonds is 1. The molecule has 4 unspecified atom stereocenters. The van der Waals surface area contributed by atoms with Gasteiger partial charge < -0.3 is 20.1 Å². The number of ether oxygens (including phenoxy) is 2. The zero-order valence-electron chi connectivity index (χ0n) is 10.2. The number of carbonyl (C=O) groups excluding carboxylic acids is 1. The Hall–Kier alpha value is -0.650. The van der Waals surface area contributed by atoms with Crippen LogP contribution in [0.15, 0.2) is 0 Å². The van der Waals surface area contributed by atoms with Gasteiger partial charge in [0.05, 0.1) is 30.8 Å². The van der Waals surface area contributed by atoms with Crippen LogP contribution in [0.2, 0.25) is 0 Å². The zero-order chi connectivity index (χ0) is 12.0. The van der Waals surface area contributed by atoms with Crippen LogP contribution in [0.5, 0.6) is 0 Å². The Bertz CT molecular complexity index is 324. The number of nitrogens with zero attached hydrogens (tertiary/aromatic N) is 1. The second kappa shape index (κ2) is 3.93. The fraction of sp³-hybridized carbons (Fsp3) is 0.917. The van der Waals surface area contributed by atoms with Gasteiger partial charge in [0.25, 0.3) is 0 Å². The zero-order valence-corrected chi connectivity index (χ0v) is 10.2. The summed E-state index contributed by atoms with van der Waals surface area (Å²) in [5, 5.41) is 0. The summed E-state index contributed by atoms with van der Waals surface area (Å²) in [6, 6.07) is -0.185. The highest BCUT2D eigenvalue weighted by Gasteiger charge is 2.48. The average molecular weight is 240 g/mol. The fourth-order valence-corrected chi connectivity index (χ4v) is 3.05. The van der Waals surface area contributed by atoms with Gasteiger partial charge in [0.1, 0.15) is 0 Å². The molecule has 3 heterocycles. The minimum atomic E-state index is -0.545. The summed E-state index contributed by atoms with van der Waals surface area (Å²) < 4.78 is 11.1. The Kier molecular flexibility index (Phi) is 2.65. The Morgan fingerprint density at radius 2 is 2.00 bits per heavy atom. The highest BCUT2D eigenvalue weighted by molar-refractivity contribution is 5.84. The van der Waals surface area contributed by atoms with Crippen LogP contribution in [-0.2, 0) is 14.3 Å². The van der Waals surface area contributed by atoms with Crippen LogP contribution in [0.25, 0.3) is 0 Å². The molecule has 96 valence electrons. The van der Waals surface area contributed by atoms with E-state index in [0.717, 1.165) is 25.9 Å². The first-order valence-electron chi connectivity index (χ1n) is 6.38. The van der Waals surface area contributed by atoms with Gasteiger partial charge in [0.2, 0.25) is 5.91 Å². The molecule has 5 nitrogen and oxygen atoms in total. The third-order valence-corrected chi connectivity index (χ3v) is 4.34. The lowest BCUT2D eigenvalue weighted by atomic mass is 9.84. The molecule has 0 aliphatic carbocycles. The van der Waals surface area contributed by atoms with Crippen molar-refractivity contribution in [1.29, 1.82) is 0 Å². The molecule has 2 N–H and O–H groups in total. The van der Waals surface area contributed by atoms with E-state index in [4.69, 9.17) is 15.2 Å². The van der Waals surface area contributed by atoms with Gasteiger partial charge in [0.15, 0.2) is 0 Å². The van der Waals surface area contributed by atoms with E-state index in [-0.39, 0.29) is 24.2 Å². The van der Waals surface area contributed by atoms with Crippen LogP contribution in [0.4, 0.5) is 0 Å². The second-order valence-electron chi connectivity index (χ2n) is 5.71. The molecule has 2 bridgehead atoms. The van der Waals surface area contributed by atoms with E-state index in [1.165, 1.54) is 0 Å². The summed E-state index contributed by atoms with van der Waals surface area (Å²) in [7, 11) is 0. The number of nitrogens with two attached hydrogens (primary N) is 1. The second-order valence-corrected chi connectivity index (χ2v) is 5.71. The Morgan fingerprint density at radius 3 is 2.53 bits per heavy atom. The van der Waals surface area contributed by atoms with Crippen molar-refractivity contribution < 1.29 is 14.3 Å². The van der Waals surface area contributed by atoms with Gasteiger partial charge >= 0.3 is 0 Å². The lowest BCUT2D eigenvalue weighted by Crippen LogP contribution is -2.55. The summed E-state index contributed by atoms with van der Waals surface area (Å²) in [5.74, 6) is 0.141. The Labute approximate surface area is 101 Å². The third kappa shape index (κ3) is 1.77. The first-order valence-corrected chi connectivity index (χ1v) is 6.38. The third-order valence-electron chi connectivity index (χ3n) is 4.34. The van der Waals surface area contributed by atoms with Gasteiger partial charge in [-0.3, -0.25) is 4.79 Å². The highest BCUT2D eigenvalue weighted by atomic mass is 16.5. The van der Waals surface area contributed by atoms with Crippen LogP contribution >= 0.6 is 0 Å². The molecule has 17 heavy (non-hydrogen) atoms. The molecule has 0 radical (unpaired) electrons. The lowest BCUT2D eigenvalue weighted by molar-refractivity contribution is -0.150. The van der Waals surface area contributed by atoms with Crippen LogP contribution in [0, 0.1) is 5.41 Å². The molecule has 3 aliphatic rings. The predicted molar refractivity (Wildman–Crippen MR) is 61.4 cm³/mol. The van der Waals surface area contributed by atoms with E-state index < -0.39 is 5.41 Å². The summed E-state index contributed by atoms with van der Waals surface area (Å²) in [6.45, 7) is 4.29. The minimum absolute atomic E-state index is 0.141. The Balaban J connectivity index is 1.74. The maximum Gasteiger partial charge on any atom is 0.232 e. The number of hydrogen-bond donors (Lipinski definition) is 1. The van der Waals surface area contributed by atoms with E-state index in [9.17, 15) is 4.79 Å². The van der Waals surface area contributed by atoms with Crippen LogP contribution in [-0.4, -0.2) is 55.4 Å². The molecule has 0 saturated carbocycles. The summed E-state index contributed by atoms with van der Waals surface area (Å²) >= 11 is 0. The number of carbonyl (C=O) groups is 1. The van der Waals surface area contributed by atoms with Crippen LogP contribution in [0.3, 0.4) is 0 Å². The topological polar surface area (TPSA) is 64.8 Å². The first kappa shape index (κ1) is 11.4. The smallest absolute Gasteiger partial charge is 0.232 e. The Morgan fingerprint density at radius 1 is 1.35 bits per heavy atom. The van der Waals surface area contributed by atoms with Crippen molar-refractivity contribution in [3.8, 4) is 0 Å². The molecule has 0 spiro atoms. The van der Waals surface area contributed by atoms with Gasteiger partial charge in [-0.1, -0.05) is 0 Å². The van der Waals surface area contributed by atoms with E-state index in [1.807, 2.05) is 11.8 Å². The van der Waals surface area contributed by atoms with Crippen molar-refractivity contribution in [2.75, 3.05) is 26.3 Å². The maximum absolute atomic E-state index is 12.6. The van der Waals surface area contributed by atoms with Gasteiger partial charge in [-0.2, -0.15) is 0 Å². The molecule has 1 amide bonds. The van der Waals surface area contributed by atoms with E-state index in [0.29, 0.717) is 13.2 Å². The number of hydrogen-bond acceptors (Lipinski definition) is 4. The largest absolute Gasteiger partial charge is 0.379 e. The molecule has 0 aromatic carbocycles. The quantitative estimate of drug-likeness (QED) is 0.686. The van der Waals surface area contributed by atoms with Crippen molar-refractivity contribution in [3.05, 3.63) is 0 Å². The fourth-order valence-electron chi connectivity index (χ4n) is 3.05. The van der Waals surface area contributed by atoms with Crippen molar-refractivity contribution in [2.45, 2.75) is 38.0 Å². The number of morpholine rings is 1. The highest BCUT2D eigenvalue weighted by Crippen LogP contribution is 2.33. The van der Waals surface area contributed by atoms with Crippen LogP contribution in [0.1, 0.15) is 19.8 Å². The van der Waals surface area contributed by atoms with Crippen molar-refractivity contribution >= 4 is 5.91 Å². The van der Waals surface area contributed by atoms with E-state index >= 15 is 0 Å². The SMILES string of the molecule is CC1(C(=O)N2CC3CCC(C2)O3)COCC1N. The number of fused-ring (bicyclic) bond motifs is 2. The van der Waals surface area contributed by atoms with Crippen molar-refractivity contribution in [1.82, 2.24) is 4.90 Å². The average Bonchev–Trinajstić information content (AvgIpc) is 2.83.